The van der Waals surface area contributed by atoms with E-state index in [9.17, 15) is 4.79 Å². The first-order chi connectivity index (χ1) is 8.97. The highest BCUT2D eigenvalue weighted by Gasteiger charge is 2.10. The van der Waals surface area contributed by atoms with Gasteiger partial charge in [0.2, 0.25) is 0 Å². The van der Waals surface area contributed by atoms with E-state index in [1.807, 2.05) is 25.1 Å². The molecule has 0 aliphatic heterocycles. The Balaban J connectivity index is 2.43. The molecule has 2 aromatic rings. The molecular weight excluding hydrogens is 306 g/mol. The second-order valence-electron chi connectivity index (χ2n) is 4.25. The SMILES string of the molecule is Cc1ccc(Br)cc1Nc1ccc(N)cc1C(N)=O. The van der Waals surface area contributed by atoms with Gasteiger partial charge in [0, 0.05) is 15.8 Å². The van der Waals surface area contributed by atoms with Crippen LogP contribution in [0.4, 0.5) is 17.1 Å². The Morgan fingerprint density at radius 3 is 2.58 bits per heavy atom. The van der Waals surface area contributed by atoms with Crippen molar-refractivity contribution in [2.24, 2.45) is 5.73 Å². The number of anilines is 3. The van der Waals surface area contributed by atoms with Gasteiger partial charge in [-0.25, -0.2) is 0 Å². The molecule has 0 bridgehead atoms. The number of hydrogen-bond donors (Lipinski definition) is 3. The summed E-state index contributed by atoms with van der Waals surface area (Å²) in [4.78, 5) is 11.4. The zero-order chi connectivity index (χ0) is 14.0. The molecule has 0 atom stereocenters. The number of nitrogens with two attached hydrogens (primary N) is 2. The zero-order valence-corrected chi connectivity index (χ0v) is 12.0. The van der Waals surface area contributed by atoms with E-state index in [-0.39, 0.29) is 0 Å². The van der Waals surface area contributed by atoms with Crippen LogP contribution in [0.1, 0.15) is 15.9 Å². The summed E-state index contributed by atoms with van der Waals surface area (Å²) in [6.45, 7) is 1.98. The van der Waals surface area contributed by atoms with E-state index in [0.29, 0.717) is 16.9 Å². The third-order valence-corrected chi connectivity index (χ3v) is 3.27. The van der Waals surface area contributed by atoms with Gasteiger partial charge in [-0.2, -0.15) is 0 Å². The highest BCUT2D eigenvalue weighted by molar-refractivity contribution is 9.10. The Bertz CT molecular complexity index is 641. The fourth-order valence-electron chi connectivity index (χ4n) is 1.75. The van der Waals surface area contributed by atoms with Gasteiger partial charge in [-0.15, -0.1) is 0 Å². The van der Waals surface area contributed by atoms with Crippen molar-refractivity contribution in [3.63, 3.8) is 0 Å². The molecule has 1 amide bonds. The van der Waals surface area contributed by atoms with Gasteiger partial charge in [-0.05, 0) is 42.8 Å². The number of carbonyl (C=O) groups excluding carboxylic acids is 1. The molecule has 0 unspecified atom stereocenters. The predicted octanol–water partition coefficient (Wildman–Crippen LogP) is 3.18. The molecule has 98 valence electrons. The van der Waals surface area contributed by atoms with Crippen LogP contribution in [-0.4, -0.2) is 5.91 Å². The van der Waals surface area contributed by atoms with Crippen LogP contribution in [0.2, 0.25) is 0 Å². The molecule has 0 saturated carbocycles. The van der Waals surface area contributed by atoms with Crippen molar-refractivity contribution in [3.05, 3.63) is 52.0 Å². The zero-order valence-electron chi connectivity index (χ0n) is 10.4. The number of nitrogens with one attached hydrogen (secondary N) is 1. The van der Waals surface area contributed by atoms with Gasteiger partial charge in [-0.3, -0.25) is 4.79 Å². The average molecular weight is 320 g/mol. The quantitative estimate of drug-likeness (QED) is 0.760. The fraction of sp³-hybridized carbons (Fsp3) is 0.0714. The van der Waals surface area contributed by atoms with Crippen LogP contribution in [0.5, 0.6) is 0 Å². The lowest BCUT2D eigenvalue weighted by Crippen LogP contribution is -2.14. The van der Waals surface area contributed by atoms with Gasteiger partial charge in [0.25, 0.3) is 5.91 Å². The number of nitrogen functional groups attached to an aromatic ring is 1. The molecule has 0 heterocycles. The standard InChI is InChI=1S/C14H14BrN3O/c1-8-2-3-9(15)6-13(8)18-12-5-4-10(16)7-11(12)14(17)19/h2-7,18H,16H2,1H3,(H2,17,19). The molecule has 0 spiro atoms. The molecule has 0 aliphatic rings. The van der Waals surface area contributed by atoms with Crippen molar-refractivity contribution in [1.29, 1.82) is 0 Å². The topological polar surface area (TPSA) is 81.1 Å². The van der Waals surface area contributed by atoms with Gasteiger partial charge in [-0.1, -0.05) is 22.0 Å². The number of hydrogen-bond acceptors (Lipinski definition) is 3. The summed E-state index contributed by atoms with van der Waals surface area (Å²) in [5, 5.41) is 3.20. The van der Waals surface area contributed by atoms with E-state index < -0.39 is 5.91 Å². The average Bonchev–Trinajstić information content (AvgIpc) is 2.35. The normalized spacial score (nSPS) is 10.2. The molecular formula is C14H14BrN3O. The smallest absolute Gasteiger partial charge is 0.250 e. The molecule has 0 fully saturated rings. The predicted molar refractivity (Wildman–Crippen MR) is 81.5 cm³/mol. The molecule has 2 aromatic carbocycles. The number of aryl methyl sites for hydroxylation is 1. The molecule has 19 heavy (non-hydrogen) atoms. The van der Waals surface area contributed by atoms with Gasteiger partial charge < -0.3 is 16.8 Å². The highest BCUT2D eigenvalue weighted by Crippen LogP contribution is 2.27. The van der Waals surface area contributed by atoms with Gasteiger partial charge >= 0.3 is 0 Å². The number of amides is 1. The number of carbonyl (C=O) groups is 1. The minimum Gasteiger partial charge on any atom is -0.399 e. The largest absolute Gasteiger partial charge is 0.399 e. The lowest BCUT2D eigenvalue weighted by molar-refractivity contribution is 0.100. The molecule has 2 rings (SSSR count). The number of halogens is 1. The molecule has 0 aliphatic carbocycles. The second-order valence-corrected chi connectivity index (χ2v) is 5.17. The lowest BCUT2D eigenvalue weighted by Gasteiger charge is -2.13. The molecule has 4 nitrogen and oxygen atoms in total. The molecule has 0 saturated heterocycles. The van der Waals surface area contributed by atoms with Crippen molar-refractivity contribution in [2.45, 2.75) is 6.92 Å². The minimum atomic E-state index is -0.512. The number of rotatable bonds is 3. The van der Waals surface area contributed by atoms with Gasteiger partial charge in [0.1, 0.15) is 0 Å². The third kappa shape index (κ3) is 3.06. The van der Waals surface area contributed by atoms with Crippen LogP contribution in [0.3, 0.4) is 0 Å². The van der Waals surface area contributed by atoms with Crippen molar-refractivity contribution >= 4 is 38.9 Å². The summed E-state index contributed by atoms with van der Waals surface area (Å²) in [5.41, 5.74) is 14.5. The molecule has 0 aromatic heterocycles. The number of primary amides is 1. The number of benzene rings is 2. The van der Waals surface area contributed by atoms with Crippen molar-refractivity contribution < 1.29 is 4.79 Å². The van der Waals surface area contributed by atoms with Crippen LogP contribution >= 0.6 is 15.9 Å². The highest BCUT2D eigenvalue weighted by atomic mass is 79.9. The minimum absolute atomic E-state index is 0.374. The molecule has 0 radical (unpaired) electrons. The molecule has 5 N–H and O–H groups in total. The van der Waals surface area contributed by atoms with Gasteiger partial charge in [0.05, 0.1) is 11.3 Å². The second kappa shape index (κ2) is 5.32. The van der Waals surface area contributed by atoms with Crippen molar-refractivity contribution in [2.75, 3.05) is 11.1 Å². The van der Waals surface area contributed by atoms with Crippen molar-refractivity contribution in [1.82, 2.24) is 0 Å². The van der Waals surface area contributed by atoms with E-state index in [1.54, 1.807) is 18.2 Å². The Kier molecular flexibility index (Phi) is 3.76. The summed E-state index contributed by atoms with van der Waals surface area (Å²) < 4.78 is 0.955. The monoisotopic (exact) mass is 319 g/mol. The first-order valence-electron chi connectivity index (χ1n) is 5.70. The summed E-state index contributed by atoms with van der Waals surface area (Å²) >= 11 is 3.42. The maximum Gasteiger partial charge on any atom is 0.250 e. The van der Waals surface area contributed by atoms with Crippen molar-refractivity contribution in [3.8, 4) is 0 Å². The van der Waals surface area contributed by atoms with E-state index in [4.69, 9.17) is 11.5 Å². The molecule has 5 heteroatoms. The Morgan fingerprint density at radius 2 is 1.89 bits per heavy atom. The summed E-state index contributed by atoms with van der Waals surface area (Å²) in [6, 6.07) is 10.9. The maximum absolute atomic E-state index is 11.4. The van der Waals surface area contributed by atoms with Crippen LogP contribution in [0, 0.1) is 6.92 Å². The van der Waals surface area contributed by atoms with Crippen LogP contribution in [0.15, 0.2) is 40.9 Å². The third-order valence-electron chi connectivity index (χ3n) is 2.78. The van der Waals surface area contributed by atoms with E-state index in [1.165, 1.54) is 0 Å². The lowest BCUT2D eigenvalue weighted by atomic mass is 10.1. The summed E-state index contributed by atoms with van der Waals surface area (Å²) in [7, 11) is 0. The van der Waals surface area contributed by atoms with E-state index >= 15 is 0 Å². The Hall–Kier alpha value is -2.01. The fourth-order valence-corrected chi connectivity index (χ4v) is 2.11. The van der Waals surface area contributed by atoms with Gasteiger partial charge in [0.15, 0.2) is 0 Å². The van der Waals surface area contributed by atoms with Crippen LogP contribution in [0.25, 0.3) is 0 Å². The Labute approximate surface area is 119 Å². The first kappa shape index (κ1) is 13.4. The van der Waals surface area contributed by atoms with E-state index in [0.717, 1.165) is 15.7 Å². The Morgan fingerprint density at radius 1 is 1.16 bits per heavy atom. The van der Waals surface area contributed by atoms with Crippen LogP contribution < -0.4 is 16.8 Å². The first-order valence-corrected chi connectivity index (χ1v) is 6.49. The van der Waals surface area contributed by atoms with E-state index in [2.05, 4.69) is 21.2 Å². The maximum atomic E-state index is 11.4. The summed E-state index contributed by atoms with van der Waals surface area (Å²) in [5.74, 6) is -0.512. The summed E-state index contributed by atoms with van der Waals surface area (Å²) in [6.07, 6.45) is 0. The van der Waals surface area contributed by atoms with Crippen LogP contribution in [-0.2, 0) is 0 Å².